The molecular formula is C26H20F3N5O. The van der Waals surface area contributed by atoms with Crippen LogP contribution < -0.4 is 5.32 Å². The van der Waals surface area contributed by atoms with E-state index in [1.54, 1.807) is 29.2 Å². The molecule has 5 rings (SSSR count). The first-order chi connectivity index (χ1) is 16.7. The van der Waals surface area contributed by atoms with Crippen LogP contribution in [0.25, 0.3) is 27.8 Å². The molecule has 2 aromatic carbocycles. The number of nitrogens with one attached hydrogen (secondary N) is 2. The van der Waals surface area contributed by atoms with Gasteiger partial charge in [0, 0.05) is 46.4 Å². The molecule has 0 atom stereocenters. The summed E-state index contributed by atoms with van der Waals surface area (Å²) in [4.78, 5) is 20.2. The fourth-order valence-corrected chi connectivity index (χ4v) is 3.91. The molecule has 0 radical (unpaired) electrons. The molecule has 0 saturated carbocycles. The summed E-state index contributed by atoms with van der Waals surface area (Å²) in [6, 6.07) is 12.7. The van der Waals surface area contributed by atoms with Crippen molar-refractivity contribution in [3.8, 4) is 16.8 Å². The zero-order chi connectivity index (χ0) is 24.7. The molecule has 1 amide bonds. The van der Waals surface area contributed by atoms with E-state index in [9.17, 15) is 18.0 Å². The minimum Gasteiger partial charge on any atom is -0.346 e. The summed E-state index contributed by atoms with van der Waals surface area (Å²) in [6.07, 6.45) is 2.65. The van der Waals surface area contributed by atoms with Crippen molar-refractivity contribution in [3.63, 3.8) is 0 Å². The van der Waals surface area contributed by atoms with E-state index in [0.29, 0.717) is 5.69 Å². The van der Waals surface area contributed by atoms with Crippen LogP contribution in [0, 0.1) is 13.8 Å². The molecule has 3 aromatic heterocycles. The largest absolute Gasteiger partial charge is 0.416 e. The summed E-state index contributed by atoms with van der Waals surface area (Å²) in [5, 5.41) is 8.14. The average molecular weight is 475 g/mol. The number of halogens is 3. The van der Waals surface area contributed by atoms with Gasteiger partial charge in [0.2, 0.25) is 0 Å². The van der Waals surface area contributed by atoms with Crippen LogP contribution in [0.15, 0.2) is 73.3 Å². The fourth-order valence-electron chi connectivity index (χ4n) is 3.91. The molecule has 6 nitrogen and oxygen atoms in total. The minimum absolute atomic E-state index is 0.0621. The number of hydrogen-bond donors (Lipinski definition) is 2. The third-order valence-electron chi connectivity index (χ3n) is 5.84. The van der Waals surface area contributed by atoms with Crippen molar-refractivity contribution >= 4 is 22.6 Å². The van der Waals surface area contributed by atoms with Gasteiger partial charge in [0.1, 0.15) is 5.65 Å². The van der Waals surface area contributed by atoms with Crippen molar-refractivity contribution in [1.29, 1.82) is 0 Å². The van der Waals surface area contributed by atoms with E-state index in [1.165, 1.54) is 19.1 Å². The third-order valence-corrected chi connectivity index (χ3v) is 5.84. The van der Waals surface area contributed by atoms with Crippen molar-refractivity contribution in [2.45, 2.75) is 20.0 Å². The van der Waals surface area contributed by atoms with Gasteiger partial charge in [-0.3, -0.25) is 4.79 Å². The number of alkyl halides is 3. The Hall–Kier alpha value is -4.40. The second-order valence-corrected chi connectivity index (χ2v) is 8.30. The lowest BCUT2D eigenvalue weighted by Gasteiger charge is -2.13. The van der Waals surface area contributed by atoms with E-state index in [2.05, 4.69) is 20.4 Å². The van der Waals surface area contributed by atoms with Gasteiger partial charge in [0.05, 0.1) is 17.4 Å². The zero-order valence-electron chi connectivity index (χ0n) is 18.8. The van der Waals surface area contributed by atoms with Gasteiger partial charge in [-0.15, -0.1) is 0 Å². The predicted molar refractivity (Wildman–Crippen MR) is 128 cm³/mol. The van der Waals surface area contributed by atoms with E-state index >= 15 is 0 Å². The lowest BCUT2D eigenvalue weighted by molar-refractivity contribution is -0.138. The van der Waals surface area contributed by atoms with Crippen LogP contribution in [0.5, 0.6) is 0 Å². The number of nitrogens with zero attached hydrogens (tertiary/aromatic N) is 3. The van der Waals surface area contributed by atoms with Gasteiger partial charge in [-0.1, -0.05) is 12.1 Å². The molecule has 0 aliphatic rings. The first-order valence-electron chi connectivity index (χ1n) is 10.8. The standard InChI is InChI=1S/C26H20F3N5O/c1-15-3-5-18(10-22(15)26(27,28)29)25(35)33-21-6-4-16(2)23(11-21)34-14-20(13-32-34)19-9-17-7-8-30-24(17)31-12-19/h3-14H,1-2H3,(H,30,31)(H,33,35). The van der Waals surface area contributed by atoms with Gasteiger partial charge in [-0.2, -0.15) is 18.3 Å². The molecule has 2 N–H and O–H groups in total. The van der Waals surface area contributed by atoms with Crippen molar-refractivity contribution in [1.82, 2.24) is 19.7 Å². The van der Waals surface area contributed by atoms with Crippen LogP contribution in [0.4, 0.5) is 18.9 Å². The molecule has 0 unspecified atom stereocenters. The second-order valence-electron chi connectivity index (χ2n) is 8.30. The summed E-state index contributed by atoms with van der Waals surface area (Å²) < 4.78 is 41.4. The quantitative estimate of drug-likeness (QED) is 0.320. The molecule has 0 fully saturated rings. The number of aryl methyl sites for hydroxylation is 2. The van der Waals surface area contributed by atoms with Gasteiger partial charge < -0.3 is 10.3 Å². The number of rotatable bonds is 4. The summed E-state index contributed by atoms with van der Waals surface area (Å²) in [5.41, 5.74) is 3.82. The number of carbonyl (C=O) groups excluding carboxylic acids is 1. The van der Waals surface area contributed by atoms with Crippen molar-refractivity contribution in [2.24, 2.45) is 0 Å². The smallest absolute Gasteiger partial charge is 0.346 e. The monoisotopic (exact) mass is 475 g/mol. The highest BCUT2D eigenvalue weighted by atomic mass is 19.4. The van der Waals surface area contributed by atoms with Crippen LogP contribution in [0.3, 0.4) is 0 Å². The Morgan fingerprint density at radius 2 is 1.77 bits per heavy atom. The highest BCUT2D eigenvalue weighted by Gasteiger charge is 2.33. The molecule has 3 heterocycles. The average Bonchev–Trinajstić information content (AvgIpc) is 3.49. The number of fused-ring (bicyclic) bond motifs is 1. The van der Waals surface area contributed by atoms with Crippen LogP contribution in [-0.2, 0) is 6.18 Å². The molecule has 35 heavy (non-hydrogen) atoms. The molecule has 9 heteroatoms. The number of anilines is 1. The Balaban J connectivity index is 1.41. The number of amides is 1. The number of aromatic amines is 1. The van der Waals surface area contributed by atoms with Gasteiger partial charge in [0.25, 0.3) is 5.91 Å². The van der Waals surface area contributed by atoms with E-state index < -0.39 is 17.6 Å². The number of H-pyrrole nitrogens is 1. The molecule has 0 aliphatic carbocycles. The van der Waals surface area contributed by atoms with Crippen LogP contribution in [0.1, 0.15) is 27.0 Å². The molecule has 176 valence electrons. The van der Waals surface area contributed by atoms with E-state index in [4.69, 9.17) is 0 Å². The molecule has 0 aliphatic heterocycles. The highest BCUT2D eigenvalue weighted by molar-refractivity contribution is 6.04. The Morgan fingerprint density at radius 1 is 0.971 bits per heavy atom. The van der Waals surface area contributed by atoms with Gasteiger partial charge in [-0.05, 0) is 61.4 Å². The summed E-state index contributed by atoms with van der Waals surface area (Å²) in [6.45, 7) is 3.27. The van der Waals surface area contributed by atoms with Crippen molar-refractivity contribution < 1.29 is 18.0 Å². The van der Waals surface area contributed by atoms with E-state index in [-0.39, 0.29) is 11.1 Å². The molecule has 0 saturated heterocycles. The number of pyridine rings is 1. The Kier molecular flexibility index (Phi) is 5.39. The maximum absolute atomic E-state index is 13.2. The van der Waals surface area contributed by atoms with Crippen molar-refractivity contribution in [3.05, 3.63) is 95.6 Å². The Labute approximate surface area is 198 Å². The lowest BCUT2D eigenvalue weighted by Crippen LogP contribution is -2.15. The Bertz CT molecular complexity index is 1570. The van der Waals surface area contributed by atoms with E-state index in [0.717, 1.165) is 39.5 Å². The van der Waals surface area contributed by atoms with Crippen molar-refractivity contribution in [2.75, 3.05) is 5.32 Å². The van der Waals surface area contributed by atoms with Crippen LogP contribution in [0.2, 0.25) is 0 Å². The normalized spacial score (nSPS) is 11.7. The maximum atomic E-state index is 13.2. The topological polar surface area (TPSA) is 75.6 Å². The van der Waals surface area contributed by atoms with Crippen LogP contribution in [-0.4, -0.2) is 25.7 Å². The SMILES string of the molecule is Cc1ccc(NC(=O)c2ccc(C)c(C(F)(F)F)c2)cc1-n1cc(-c2cnc3[nH]ccc3c2)cn1. The number of hydrogen-bond acceptors (Lipinski definition) is 3. The molecule has 0 bridgehead atoms. The fraction of sp³-hybridized carbons (Fsp3) is 0.115. The summed E-state index contributed by atoms with van der Waals surface area (Å²) >= 11 is 0. The highest BCUT2D eigenvalue weighted by Crippen LogP contribution is 2.32. The van der Waals surface area contributed by atoms with Gasteiger partial charge >= 0.3 is 6.18 Å². The maximum Gasteiger partial charge on any atom is 0.416 e. The van der Waals surface area contributed by atoms with Crippen LogP contribution >= 0.6 is 0 Å². The first-order valence-corrected chi connectivity index (χ1v) is 10.8. The number of benzene rings is 2. The predicted octanol–water partition coefficient (Wildman–Crippen LogP) is 6.30. The summed E-state index contributed by atoms with van der Waals surface area (Å²) in [5.74, 6) is -0.627. The second kappa shape index (κ2) is 8.43. The first kappa shape index (κ1) is 22.4. The summed E-state index contributed by atoms with van der Waals surface area (Å²) in [7, 11) is 0. The molecular weight excluding hydrogens is 455 g/mol. The molecule has 0 spiro atoms. The van der Waals surface area contributed by atoms with Gasteiger partial charge in [0.15, 0.2) is 0 Å². The zero-order valence-corrected chi connectivity index (χ0v) is 18.8. The lowest BCUT2D eigenvalue weighted by atomic mass is 10.0. The minimum atomic E-state index is -4.53. The number of carbonyl (C=O) groups is 1. The van der Waals surface area contributed by atoms with E-state index in [1.807, 2.05) is 37.5 Å². The Morgan fingerprint density at radius 3 is 2.57 bits per heavy atom. The van der Waals surface area contributed by atoms with Gasteiger partial charge in [-0.25, -0.2) is 9.67 Å². The number of aromatic nitrogens is 4. The molecule has 5 aromatic rings. The third kappa shape index (κ3) is 4.40.